The van der Waals surface area contributed by atoms with Crippen LogP contribution in [-0.2, 0) is 4.79 Å². The van der Waals surface area contributed by atoms with Crippen molar-refractivity contribution in [3.8, 4) is 5.75 Å². The zero-order chi connectivity index (χ0) is 15.8. The van der Waals surface area contributed by atoms with E-state index in [0.29, 0.717) is 17.5 Å². The van der Waals surface area contributed by atoms with E-state index in [1.165, 1.54) is 0 Å². The number of fused-ring (bicyclic) bond motifs is 2. The zero-order valence-corrected chi connectivity index (χ0v) is 12.5. The first-order valence-corrected chi connectivity index (χ1v) is 7.38. The van der Waals surface area contributed by atoms with Gasteiger partial charge in [-0.15, -0.1) is 0 Å². The van der Waals surface area contributed by atoms with Gasteiger partial charge in [0.2, 0.25) is 0 Å². The van der Waals surface area contributed by atoms with Gasteiger partial charge in [0.25, 0.3) is 11.9 Å². The Hall–Kier alpha value is -3.02. The number of rotatable bonds is 3. The molecule has 0 radical (unpaired) electrons. The summed E-state index contributed by atoms with van der Waals surface area (Å²) in [4.78, 5) is 15.8. The van der Waals surface area contributed by atoms with Gasteiger partial charge in [0.15, 0.2) is 12.2 Å². The van der Waals surface area contributed by atoms with Crippen LogP contribution < -0.4 is 15.4 Å². The van der Waals surface area contributed by atoms with Gasteiger partial charge in [0.1, 0.15) is 11.3 Å². The number of carbonyl (C=O) groups excluding carboxylic acids is 1. The van der Waals surface area contributed by atoms with Gasteiger partial charge >= 0.3 is 0 Å². The molecule has 2 aromatic carbocycles. The summed E-state index contributed by atoms with van der Waals surface area (Å²) in [6.45, 7) is 2.06. The van der Waals surface area contributed by atoms with Crippen molar-refractivity contribution in [3.05, 3.63) is 48.0 Å². The van der Waals surface area contributed by atoms with Crippen LogP contribution in [-0.4, -0.2) is 17.5 Å². The Morgan fingerprint density at radius 2 is 2.13 bits per heavy atom. The maximum Gasteiger partial charge on any atom is 0.296 e. The second-order valence-corrected chi connectivity index (χ2v) is 5.45. The van der Waals surface area contributed by atoms with Gasteiger partial charge in [-0.2, -0.15) is 4.98 Å². The highest BCUT2D eigenvalue weighted by atomic mass is 16.5. The number of carbonyl (C=O) groups is 1. The predicted molar refractivity (Wildman–Crippen MR) is 86.6 cm³/mol. The lowest BCUT2D eigenvalue weighted by Gasteiger charge is -2.20. The molecule has 0 spiro atoms. The van der Waals surface area contributed by atoms with Crippen molar-refractivity contribution in [3.63, 3.8) is 0 Å². The van der Waals surface area contributed by atoms with Crippen LogP contribution in [0.5, 0.6) is 5.75 Å². The third kappa shape index (κ3) is 2.59. The molecule has 1 aliphatic heterocycles. The van der Waals surface area contributed by atoms with Crippen molar-refractivity contribution in [2.75, 3.05) is 17.2 Å². The molecule has 3 aromatic rings. The Kier molecular flexibility index (Phi) is 3.15. The number of nitrogens with one attached hydrogen (secondary N) is 2. The number of aromatic nitrogens is 1. The third-order valence-corrected chi connectivity index (χ3v) is 3.77. The predicted octanol–water partition coefficient (Wildman–Crippen LogP) is 3.33. The van der Waals surface area contributed by atoms with Crippen LogP contribution in [0.15, 0.2) is 46.9 Å². The molecule has 23 heavy (non-hydrogen) atoms. The first-order valence-electron chi connectivity index (χ1n) is 7.38. The first kappa shape index (κ1) is 13.6. The van der Waals surface area contributed by atoms with E-state index >= 15 is 0 Å². The molecule has 4 rings (SSSR count). The van der Waals surface area contributed by atoms with Crippen molar-refractivity contribution in [2.45, 2.75) is 13.0 Å². The van der Waals surface area contributed by atoms with E-state index in [0.717, 1.165) is 16.7 Å². The number of nitrogens with zero attached hydrogens (tertiary/aromatic N) is 1. The highest BCUT2D eigenvalue weighted by Crippen LogP contribution is 2.31. The third-order valence-electron chi connectivity index (χ3n) is 3.77. The molecule has 0 unspecified atom stereocenters. The Morgan fingerprint density at radius 3 is 3.00 bits per heavy atom. The summed E-state index contributed by atoms with van der Waals surface area (Å²) < 4.78 is 11.0. The number of amides is 1. The van der Waals surface area contributed by atoms with Crippen molar-refractivity contribution >= 4 is 28.7 Å². The van der Waals surface area contributed by atoms with Crippen molar-refractivity contribution in [1.29, 1.82) is 0 Å². The molecule has 2 N–H and O–H groups in total. The van der Waals surface area contributed by atoms with Crippen molar-refractivity contribution in [2.24, 2.45) is 0 Å². The molecule has 1 aromatic heterocycles. The quantitative estimate of drug-likeness (QED) is 0.776. The molecule has 1 aliphatic rings. The minimum atomic E-state index is -0.144. The van der Waals surface area contributed by atoms with E-state index in [1.807, 2.05) is 49.4 Å². The first-order chi connectivity index (χ1) is 11.2. The zero-order valence-electron chi connectivity index (χ0n) is 12.5. The SMILES string of the molecule is C[C@H](Nc1nc2ccccc2o1)c1ccc2c(c1)NC(=O)CO2. The van der Waals surface area contributed by atoms with Gasteiger partial charge < -0.3 is 19.8 Å². The normalized spacial score (nSPS) is 14.7. The summed E-state index contributed by atoms with van der Waals surface area (Å²) in [5.74, 6) is 0.539. The number of para-hydroxylation sites is 2. The molecule has 0 saturated heterocycles. The molecule has 0 bridgehead atoms. The van der Waals surface area contributed by atoms with Crippen LogP contribution in [0, 0.1) is 0 Å². The largest absolute Gasteiger partial charge is 0.482 e. The lowest BCUT2D eigenvalue weighted by Crippen LogP contribution is -2.25. The molecule has 6 heteroatoms. The van der Waals surface area contributed by atoms with Crippen LogP contribution in [0.1, 0.15) is 18.5 Å². The standard InChI is InChI=1S/C17H15N3O3/c1-10(18-17-20-12-4-2-3-5-15(12)23-17)11-6-7-14-13(8-11)19-16(21)9-22-14/h2-8,10H,9H2,1H3,(H,18,20)(H,19,21)/t10-/m0/s1. The number of hydrogen-bond donors (Lipinski definition) is 2. The number of oxazole rings is 1. The van der Waals surface area contributed by atoms with Crippen molar-refractivity contribution in [1.82, 2.24) is 4.98 Å². The Morgan fingerprint density at radius 1 is 1.26 bits per heavy atom. The summed E-state index contributed by atoms with van der Waals surface area (Å²) >= 11 is 0. The highest BCUT2D eigenvalue weighted by Gasteiger charge is 2.18. The molecule has 6 nitrogen and oxygen atoms in total. The summed E-state index contributed by atoms with van der Waals surface area (Å²) in [7, 11) is 0. The molecule has 2 heterocycles. The van der Waals surface area contributed by atoms with Gasteiger partial charge in [-0.1, -0.05) is 18.2 Å². The monoisotopic (exact) mass is 309 g/mol. The number of ether oxygens (including phenoxy) is 1. The smallest absolute Gasteiger partial charge is 0.296 e. The lowest BCUT2D eigenvalue weighted by atomic mass is 10.1. The van der Waals surface area contributed by atoms with Gasteiger partial charge in [-0.05, 0) is 36.8 Å². The maximum atomic E-state index is 11.4. The van der Waals surface area contributed by atoms with Crippen LogP contribution in [0.4, 0.5) is 11.7 Å². The number of anilines is 2. The second-order valence-electron chi connectivity index (χ2n) is 5.45. The van der Waals surface area contributed by atoms with Gasteiger partial charge in [0.05, 0.1) is 11.7 Å². The molecular weight excluding hydrogens is 294 g/mol. The summed E-state index contributed by atoms with van der Waals surface area (Å²) in [5, 5.41) is 6.04. The van der Waals surface area contributed by atoms with E-state index in [9.17, 15) is 4.79 Å². The molecule has 0 fully saturated rings. The molecule has 116 valence electrons. The van der Waals surface area contributed by atoms with E-state index in [4.69, 9.17) is 9.15 Å². The fourth-order valence-corrected chi connectivity index (χ4v) is 2.57. The fraction of sp³-hybridized carbons (Fsp3) is 0.176. The second kappa shape index (κ2) is 5.31. The Balaban J connectivity index is 1.58. The highest BCUT2D eigenvalue weighted by molar-refractivity contribution is 5.95. The van der Waals surface area contributed by atoms with Crippen molar-refractivity contribution < 1.29 is 13.9 Å². The summed E-state index contributed by atoms with van der Waals surface area (Å²) in [6.07, 6.45) is 0. The Labute approximate surface area is 132 Å². The maximum absolute atomic E-state index is 11.4. The van der Waals surface area contributed by atoms with Gasteiger partial charge in [-0.25, -0.2) is 0 Å². The molecule has 1 atom stereocenters. The van der Waals surface area contributed by atoms with E-state index in [1.54, 1.807) is 0 Å². The van der Waals surface area contributed by atoms with Crippen LogP contribution in [0.3, 0.4) is 0 Å². The van der Waals surface area contributed by atoms with Gasteiger partial charge in [-0.3, -0.25) is 4.79 Å². The molecular formula is C17H15N3O3. The molecule has 0 aliphatic carbocycles. The average Bonchev–Trinajstić information content (AvgIpc) is 2.96. The average molecular weight is 309 g/mol. The molecule has 0 saturated carbocycles. The van der Waals surface area contributed by atoms with E-state index in [-0.39, 0.29) is 18.6 Å². The van der Waals surface area contributed by atoms with Gasteiger partial charge in [0, 0.05) is 0 Å². The summed E-state index contributed by atoms with van der Waals surface area (Å²) in [5.41, 5.74) is 3.24. The molecule has 1 amide bonds. The van der Waals surface area contributed by atoms with Crippen LogP contribution >= 0.6 is 0 Å². The minimum absolute atomic E-state index is 0.0350. The van der Waals surface area contributed by atoms with E-state index in [2.05, 4.69) is 15.6 Å². The topological polar surface area (TPSA) is 76.4 Å². The van der Waals surface area contributed by atoms with Crippen LogP contribution in [0.2, 0.25) is 0 Å². The van der Waals surface area contributed by atoms with Crippen LogP contribution in [0.25, 0.3) is 11.1 Å². The lowest BCUT2D eigenvalue weighted by molar-refractivity contribution is -0.118. The minimum Gasteiger partial charge on any atom is -0.482 e. The Bertz CT molecular complexity index is 855. The summed E-state index contributed by atoms with van der Waals surface area (Å²) in [6, 6.07) is 13.8. The fourth-order valence-electron chi connectivity index (χ4n) is 2.57. The number of benzene rings is 2. The van der Waals surface area contributed by atoms with E-state index < -0.39 is 0 Å². The number of hydrogen-bond acceptors (Lipinski definition) is 5.